The lowest BCUT2D eigenvalue weighted by molar-refractivity contribution is 0.825. The van der Waals surface area contributed by atoms with Crippen molar-refractivity contribution in [3.8, 4) is 10.6 Å². The van der Waals surface area contributed by atoms with Gasteiger partial charge in [0.15, 0.2) is 0 Å². The number of nitrogens with two attached hydrogens (primary N) is 1. The molecule has 2 aromatic heterocycles. The number of aromatic nitrogens is 2. The van der Waals surface area contributed by atoms with Crippen LogP contribution in [-0.2, 0) is 0 Å². The van der Waals surface area contributed by atoms with Crippen molar-refractivity contribution in [2.45, 2.75) is 26.8 Å². The number of nitrogens with zero attached hydrogens (tertiary/aromatic N) is 2. The van der Waals surface area contributed by atoms with Gasteiger partial charge in [0.1, 0.15) is 5.01 Å². The van der Waals surface area contributed by atoms with Gasteiger partial charge < -0.3 is 5.73 Å². The summed E-state index contributed by atoms with van der Waals surface area (Å²) in [5.74, 6) is 0. The maximum Gasteiger partial charge on any atom is 0.123 e. The molecule has 102 valence electrons. The lowest BCUT2D eigenvalue weighted by Crippen LogP contribution is -2.03. The molecule has 2 N–H and O–H groups in total. The van der Waals surface area contributed by atoms with Crippen LogP contribution in [0.1, 0.15) is 29.2 Å². The van der Waals surface area contributed by atoms with E-state index in [1.54, 1.807) is 11.3 Å². The number of aryl methyl sites for hydroxylation is 2. The van der Waals surface area contributed by atoms with Gasteiger partial charge in [0.2, 0.25) is 0 Å². The zero-order chi connectivity index (χ0) is 14.3. The highest BCUT2D eigenvalue weighted by molar-refractivity contribution is 7.15. The Bertz CT molecular complexity index is 774. The molecule has 0 radical (unpaired) electrons. The van der Waals surface area contributed by atoms with Crippen LogP contribution in [0.3, 0.4) is 0 Å². The Morgan fingerprint density at radius 2 is 1.90 bits per heavy atom. The Morgan fingerprint density at radius 1 is 1.10 bits per heavy atom. The second kappa shape index (κ2) is 4.96. The average Bonchev–Trinajstić information content (AvgIpc) is 2.80. The Morgan fingerprint density at radius 3 is 2.60 bits per heavy atom. The first kappa shape index (κ1) is 13.2. The third-order valence-corrected chi connectivity index (χ3v) is 4.73. The van der Waals surface area contributed by atoms with Crippen LogP contribution >= 0.6 is 11.3 Å². The molecule has 3 nitrogen and oxygen atoms in total. The normalized spacial score (nSPS) is 12.8. The van der Waals surface area contributed by atoms with Gasteiger partial charge in [-0.25, -0.2) is 4.98 Å². The topological polar surface area (TPSA) is 51.8 Å². The van der Waals surface area contributed by atoms with E-state index in [4.69, 9.17) is 5.73 Å². The van der Waals surface area contributed by atoms with Gasteiger partial charge in [-0.1, -0.05) is 6.07 Å². The van der Waals surface area contributed by atoms with E-state index in [1.807, 2.05) is 26.8 Å². The van der Waals surface area contributed by atoms with E-state index in [-0.39, 0.29) is 6.04 Å². The first-order chi connectivity index (χ1) is 9.54. The van der Waals surface area contributed by atoms with Gasteiger partial charge in [0.05, 0.1) is 11.2 Å². The number of benzene rings is 1. The van der Waals surface area contributed by atoms with Gasteiger partial charge in [0.25, 0.3) is 0 Å². The van der Waals surface area contributed by atoms with Gasteiger partial charge in [-0.3, -0.25) is 4.98 Å². The highest BCUT2D eigenvalue weighted by Gasteiger charge is 2.12. The van der Waals surface area contributed by atoms with Crippen molar-refractivity contribution in [3.05, 3.63) is 46.6 Å². The van der Waals surface area contributed by atoms with Gasteiger partial charge in [-0.2, -0.15) is 0 Å². The van der Waals surface area contributed by atoms with Crippen LogP contribution in [0.25, 0.3) is 21.5 Å². The van der Waals surface area contributed by atoms with Gasteiger partial charge in [-0.15, -0.1) is 11.3 Å². The third-order valence-electron chi connectivity index (χ3n) is 3.32. The lowest BCUT2D eigenvalue weighted by Gasteiger charge is -2.02. The Hall–Kier alpha value is -1.78. The van der Waals surface area contributed by atoms with E-state index in [9.17, 15) is 0 Å². The zero-order valence-corrected chi connectivity index (χ0v) is 12.7. The molecule has 20 heavy (non-hydrogen) atoms. The fourth-order valence-electron chi connectivity index (χ4n) is 2.31. The van der Waals surface area contributed by atoms with Crippen molar-refractivity contribution in [3.63, 3.8) is 0 Å². The van der Waals surface area contributed by atoms with E-state index < -0.39 is 0 Å². The summed E-state index contributed by atoms with van der Waals surface area (Å²) >= 11 is 1.68. The summed E-state index contributed by atoms with van der Waals surface area (Å²) < 4.78 is 0. The molecule has 0 aliphatic rings. The van der Waals surface area contributed by atoms with E-state index in [1.165, 1.54) is 0 Å². The van der Waals surface area contributed by atoms with Crippen LogP contribution in [-0.4, -0.2) is 9.97 Å². The monoisotopic (exact) mass is 283 g/mol. The average molecular weight is 283 g/mol. The lowest BCUT2D eigenvalue weighted by atomic mass is 10.1. The molecule has 2 heterocycles. The standard InChI is InChI=1S/C16H17N3S/c1-9-4-5-12-8-13(6-7-14(12)18-9)16-19-11(3)15(20-16)10(2)17/h4-8,10H,17H2,1-3H3. The molecule has 0 bridgehead atoms. The summed E-state index contributed by atoms with van der Waals surface area (Å²) in [6, 6.07) is 10.5. The molecule has 0 saturated carbocycles. The smallest absolute Gasteiger partial charge is 0.123 e. The zero-order valence-electron chi connectivity index (χ0n) is 11.8. The third kappa shape index (κ3) is 2.32. The molecule has 1 aromatic carbocycles. The summed E-state index contributed by atoms with van der Waals surface area (Å²) in [5, 5.41) is 2.17. The number of rotatable bonds is 2. The summed E-state index contributed by atoms with van der Waals surface area (Å²) in [7, 11) is 0. The molecule has 0 spiro atoms. The molecular weight excluding hydrogens is 266 g/mol. The predicted molar refractivity (Wildman–Crippen MR) is 84.9 cm³/mol. The maximum atomic E-state index is 5.97. The molecule has 0 aliphatic carbocycles. The highest BCUT2D eigenvalue weighted by Crippen LogP contribution is 2.32. The second-order valence-electron chi connectivity index (χ2n) is 5.12. The Kier molecular flexibility index (Phi) is 3.28. The van der Waals surface area contributed by atoms with Crippen LogP contribution < -0.4 is 5.73 Å². The highest BCUT2D eigenvalue weighted by atomic mass is 32.1. The molecule has 3 rings (SSSR count). The van der Waals surface area contributed by atoms with Crippen LogP contribution in [0, 0.1) is 13.8 Å². The number of hydrogen-bond acceptors (Lipinski definition) is 4. The molecule has 4 heteroatoms. The van der Waals surface area contributed by atoms with Crippen LogP contribution in [0.5, 0.6) is 0 Å². The van der Waals surface area contributed by atoms with E-state index in [0.29, 0.717) is 0 Å². The second-order valence-corrected chi connectivity index (χ2v) is 6.15. The van der Waals surface area contributed by atoms with Gasteiger partial charge >= 0.3 is 0 Å². The number of pyridine rings is 1. The molecule has 0 amide bonds. The number of thiazole rings is 1. The molecule has 3 aromatic rings. The minimum atomic E-state index is 0.0334. The molecule has 1 unspecified atom stereocenters. The van der Waals surface area contributed by atoms with Crippen LogP contribution in [0.15, 0.2) is 30.3 Å². The van der Waals surface area contributed by atoms with Crippen molar-refractivity contribution >= 4 is 22.2 Å². The summed E-state index contributed by atoms with van der Waals surface area (Å²) in [6.45, 7) is 6.02. The molecular formula is C16H17N3S. The van der Waals surface area contributed by atoms with Crippen molar-refractivity contribution in [1.29, 1.82) is 0 Å². The predicted octanol–water partition coefficient (Wildman–Crippen LogP) is 3.99. The van der Waals surface area contributed by atoms with E-state index in [0.717, 1.165) is 37.7 Å². The summed E-state index contributed by atoms with van der Waals surface area (Å²) in [4.78, 5) is 10.3. The van der Waals surface area contributed by atoms with Crippen molar-refractivity contribution in [2.24, 2.45) is 5.73 Å². The SMILES string of the molecule is Cc1ccc2cc(-c3nc(C)c(C(C)N)s3)ccc2n1. The Labute approximate surface area is 122 Å². The Balaban J connectivity index is 2.10. The fraction of sp³-hybridized carbons (Fsp3) is 0.250. The van der Waals surface area contributed by atoms with Gasteiger partial charge in [0, 0.05) is 27.6 Å². The first-order valence-corrected chi connectivity index (χ1v) is 7.47. The molecule has 1 atom stereocenters. The van der Waals surface area contributed by atoms with Crippen molar-refractivity contribution < 1.29 is 0 Å². The molecule has 0 saturated heterocycles. The first-order valence-electron chi connectivity index (χ1n) is 6.65. The van der Waals surface area contributed by atoms with E-state index in [2.05, 4.69) is 34.2 Å². The minimum Gasteiger partial charge on any atom is -0.323 e. The maximum absolute atomic E-state index is 5.97. The van der Waals surface area contributed by atoms with Crippen molar-refractivity contribution in [2.75, 3.05) is 0 Å². The fourth-order valence-corrected chi connectivity index (χ4v) is 3.33. The molecule has 0 aliphatic heterocycles. The minimum absolute atomic E-state index is 0.0334. The van der Waals surface area contributed by atoms with Crippen LogP contribution in [0.2, 0.25) is 0 Å². The number of hydrogen-bond donors (Lipinski definition) is 1. The van der Waals surface area contributed by atoms with E-state index >= 15 is 0 Å². The van der Waals surface area contributed by atoms with Gasteiger partial charge in [-0.05, 0) is 45.0 Å². The quantitative estimate of drug-likeness (QED) is 0.773. The largest absolute Gasteiger partial charge is 0.323 e. The molecule has 0 fully saturated rings. The van der Waals surface area contributed by atoms with Crippen LogP contribution in [0.4, 0.5) is 0 Å². The summed E-state index contributed by atoms with van der Waals surface area (Å²) in [5.41, 5.74) is 10.2. The summed E-state index contributed by atoms with van der Waals surface area (Å²) in [6.07, 6.45) is 0. The number of fused-ring (bicyclic) bond motifs is 1. The van der Waals surface area contributed by atoms with Crippen molar-refractivity contribution in [1.82, 2.24) is 9.97 Å².